The second-order valence-corrected chi connectivity index (χ2v) is 7.78. The van der Waals surface area contributed by atoms with Gasteiger partial charge in [0.15, 0.2) is 9.84 Å². The molecule has 0 radical (unpaired) electrons. The van der Waals surface area contributed by atoms with Crippen LogP contribution >= 0.6 is 0 Å². The van der Waals surface area contributed by atoms with Gasteiger partial charge in [-0.2, -0.15) is 0 Å². The lowest BCUT2D eigenvalue weighted by Crippen LogP contribution is -2.31. The fraction of sp³-hybridized carbons (Fsp3) is 0.455. The molecule has 1 aromatic rings. The molecule has 19 heavy (non-hydrogen) atoms. The highest BCUT2D eigenvalue weighted by atomic mass is 32.2. The lowest BCUT2D eigenvalue weighted by molar-refractivity contribution is 0.577. The number of hydrogen-bond acceptors (Lipinski definition) is 5. The van der Waals surface area contributed by atoms with Gasteiger partial charge in [-0.05, 0) is 24.7 Å². The molecule has 0 saturated heterocycles. The molecule has 0 spiro atoms. The van der Waals surface area contributed by atoms with Gasteiger partial charge < -0.3 is 5.32 Å². The Kier molecular flexibility index (Phi) is 5.48. The van der Waals surface area contributed by atoms with Crippen LogP contribution in [-0.2, 0) is 19.9 Å². The Balaban J connectivity index is 2.90. The molecule has 0 unspecified atom stereocenters. The van der Waals surface area contributed by atoms with E-state index in [-0.39, 0.29) is 16.3 Å². The summed E-state index contributed by atoms with van der Waals surface area (Å²) < 4.78 is 49.1. The summed E-state index contributed by atoms with van der Waals surface area (Å²) in [5, 5.41) is 2.99. The minimum Gasteiger partial charge on any atom is -0.316 e. The monoisotopic (exact) mass is 306 g/mol. The molecule has 0 aromatic heterocycles. The van der Waals surface area contributed by atoms with Crippen molar-refractivity contribution in [3.05, 3.63) is 24.3 Å². The van der Waals surface area contributed by atoms with E-state index in [1.165, 1.54) is 18.2 Å². The van der Waals surface area contributed by atoms with Crippen LogP contribution in [-0.4, -0.2) is 42.7 Å². The number of hydrogen-bond donors (Lipinski definition) is 2. The van der Waals surface area contributed by atoms with Crippen LogP contribution in [0.4, 0.5) is 0 Å². The minimum absolute atomic E-state index is 0.0120. The largest absolute Gasteiger partial charge is 0.316 e. The van der Waals surface area contributed by atoms with Crippen LogP contribution in [0.25, 0.3) is 0 Å². The Morgan fingerprint density at radius 1 is 1.05 bits per heavy atom. The van der Waals surface area contributed by atoms with Crippen molar-refractivity contribution in [2.45, 2.75) is 16.7 Å². The van der Waals surface area contributed by atoms with Gasteiger partial charge in [0.25, 0.3) is 0 Å². The van der Waals surface area contributed by atoms with Crippen LogP contribution in [0.2, 0.25) is 0 Å². The second kappa shape index (κ2) is 6.47. The van der Waals surface area contributed by atoms with E-state index in [4.69, 9.17) is 0 Å². The quantitative estimate of drug-likeness (QED) is 0.691. The third-order valence-electron chi connectivity index (χ3n) is 2.39. The second-order valence-electron chi connectivity index (χ2n) is 4.00. The molecular formula is C11H18N2O4S2. The number of nitrogens with one attached hydrogen (secondary N) is 2. The van der Waals surface area contributed by atoms with Gasteiger partial charge in [-0.25, -0.2) is 21.6 Å². The molecule has 0 aliphatic heterocycles. The van der Waals surface area contributed by atoms with Gasteiger partial charge in [-0.1, -0.05) is 13.0 Å². The summed E-state index contributed by atoms with van der Waals surface area (Å²) in [6, 6.07) is 5.30. The first-order chi connectivity index (χ1) is 8.77. The maximum absolute atomic E-state index is 11.9. The number of likely N-dealkylation sites (N-methyl/N-ethyl adjacent to an activating group) is 1. The highest BCUT2D eigenvalue weighted by Gasteiger charge is 2.16. The maximum atomic E-state index is 11.9. The van der Waals surface area contributed by atoms with Crippen LogP contribution in [0.1, 0.15) is 6.92 Å². The van der Waals surface area contributed by atoms with E-state index in [1.807, 2.05) is 6.92 Å². The zero-order chi connectivity index (χ0) is 14.5. The minimum atomic E-state index is -3.68. The van der Waals surface area contributed by atoms with E-state index >= 15 is 0 Å². The molecule has 6 nitrogen and oxygen atoms in total. The van der Waals surface area contributed by atoms with Crippen molar-refractivity contribution in [1.29, 1.82) is 0 Å². The van der Waals surface area contributed by atoms with E-state index in [9.17, 15) is 16.8 Å². The van der Waals surface area contributed by atoms with Gasteiger partial charge >= 0.3 is 0 Å². The molecule has 0 atom stereocenters. The van der Waals surface area contributed by atoms with E-state index in [2.05, 4.69) is 10.0 Å². The molecule has 0 bridgehead atoms. The van der Waals surface area contributed by atoms with Crippen molar-refractivity contribution in [3.8, 4) is 0 Å². The smallest absolute Gasteiger partial charge is 0.240 e. The zero-order valence-electron chi connectivity index (χ0n) is 10.9. The molecule has 0 aliphatic rings. The summed E-state index contributed by atoms with van der Waals surface area (Å²) in [5.41, 5.74) is 0. The fourth-order valence-electron chi connectivity index (χ4n) is 1.41. The Hall–Kier alpha value is -0.960. The zero-order valence-corrected chi connectivity index (χ0v) is 12.5. The van der Waals surface area contributed by atoms with Crippen molar-refractivity contribution in [3.63, 3.8) is 0 Å². The van der Waals surface area contributed by atoms with Gasteiger partial charge in [0.05, 0.1) is 9.79 Å². The Morgan fingerprint density at radius 3 is 2.26 bits per heavy atom. The van der Waals surface area contributed by atoms with Crippen molar-refractivity contribution in [2.75, 3.05) is 25.9 Å². The molecule has 1 aromatic carbocycles. The Morgan fingerprint density at radius 2 is 1.68 bits per heavy atom. The van der Waals surface area contributed by atoms with Crippen molar-refractivity contribution >= 4 is 19.9 Å². The van der Waals surface area contributed by atoms with Crippen molar-refractivity contribution in [2.24, 2.45) is 0 Å². The maximum Gasteiger partial charge on any atom is 0.240 e. The molecule has 0 saturated carbocycles. The standard InChI is InChI=1S/C11H18N2O4S2/c1-3-12-7-8-13-19(16,17)11-6-4-5-10(9-11)18(2,14)15/h4-6,9,12-13H,3,7-8H2,1-2H3. The van der Waals surface area contributed by atoms with Crippen LogP contribution in [0.15, 0.2) is 34.1 Å². The first-order valence-electron chi connectivity index (χ1n) is 5.78. The van der Waals surface area contributed by atoms with E-state index < -0.39 is 19.9 Å². The van der Waals surface area contributed by atoms with Crippen LogP contribution in [0.3, 0.4) is 0 Å². The summed E-state index contributed by atoms with van der Waals surface area (Å²) in [5.74, 6) is 0. The highest BCUT2D eigenvalue weighted by molar-refractivity contribution is 7.91. The van der Waals surface area contributed by atoms with Gasteiger partial charge in [0.1, 0.15) is 0 Å². The first kappa shape index (κ1) is 16.1. The van der Waals surface area contributed by atoms with Gasteiger partial charge in [0, 0.05) is 19.3 Å². The van der Waals surface area contributed by atoms with E-state index in [0.29, 0.717) is 6.54 Å². The van der Waals surface area contributed by atoms with Gasteiger partial charge in [0.2, 0.25) is 10.0 Å². The topological polar surface area (TPSA) is 92.3 Å². The van der Waals surface area contributed by atoms with Crippen molar-refractivity contribution in [1.82, 2.24) is 10.0 Å². The lowest BCUT2D eigenvalue weighted by atomic mass is 10.4. The number of sulfonamides is 1. The summed E-state index contributed by atoms with van der Waals surface area (Å²) >= 11 is 0. The van der Waals surface area contributed by atoms with Gasteiger partial charge in [-0.15, -0.1) is 0 Å². The van der Waals surface area contributed by atoms with Crippen molar-refractivity contribution < 1.29 is 16.8 Å². The predicted octanol–water partition coefficient (Wildman–Crippen LogP) is -0.0221. The molecule has 0 fully saturated rings. The van der Waals surface area contributed by atoms with Crippen LogP contribution in [0.5, 0.6) is 0 Å². The first-order valence-corrected chi connectivity index (χ1v) is 9.15. The van der Waals surface area contributed by atoms with E-state index in [1.54, 1.807) is 0 Å². The molecular weight excluding hydrogens is 288 g/mol. The van der Waals surface area contributed by atoms with E-state index in [0.717, 1.165) is 18.9 Å². The SMILES string of the molecule is CCNCCNS(=O)(=O)c1cccc(S(C)(=O)=O)c1. The normalized spacial score (nSPS) is 12.5. The number of sulfone groups is 1. The summed E-state index contributed by atoms with van der Waals surface area (Å²) in [7, 11) is -7.10. The number of rotatable bonds is 7. The molecule has 0 heterocycles. The Bertz CT molecular complexity index is 624. The summed E-state index contributed by atoms with van der Waals surface area (Å²) in [6.07, 6.45) is 1.04. The third-order valence-corrected chi connectivity index (χ3v) is 4.96. The average molecular weight is 306 g/mol. The molecule has 1 rings (SSSR count). The summed E-state index contributed by atoms with van der Waals surface area (Å²) in [6.45, 7) is 3.44. The van der Waals surface area contributed by atoms with Crippen LogP contribution in [0, 0.1) is 0 Å². The number of benzene rings is 1. The average Bonchev–Trinajstić information content (AvgIpc) is 2.34. The molecule has 108 valence electrons. The lowest BCUT2D eigenvalue weighted by Gasteiger charge is -2.08. The summed E-state index contributed by atoms with van der Waals surface area (Å²) in [4.78, 5) is -0.0611. The molecule has 2 N–H and O–H groups in total. The molecule has 8 heteroatoms. The van der Waals surface area contributed by atoms with Crippen LogP contribution < -0.4 is 10.0 Å². The highest BCUT2D eigenvalue weighted by Crippen LogP contribution is 2.15. The van der Waals surface area contributed by atoms with Gasteiger partial charge in [-0.3, -0.25) is 0 Å². The fourth-order valence-corrected chi connectivity index (χ4v) is 3.22. The third kappa shape index (κ3) is 4.90. The molecule has 0 amide bonds. The molecule has 0 aliphatic carbocycles. The Labute approximate surface area is 114 Å². The predicted molar refractivity (Wildman–Crippen MR) is 73.3 cm³/mol.